The van der Waals surface area contributed by atoms with Crippen LogP contribution >= 0.6 is 11.6 Å². The number of carbonyl (C=O) groups is 1. The highest BCUT2D eigenvalue weighted by molar-refractivity contribution is 6.30. The van der Waals surface area contributed by atoms with Gasteiger partial charge in [0, 0.05) is 12.7 Å². The standard InChI is InChI=1S/C14H15ClN2O3/c1-20-11-4-2-9(3-5-11)13(18)8-17-14(19)12-6-10(15)7-16-12/h2-7,13,16,18H,8H2,1H3,(H,17,19). The molecule has 6 heteroatoms. The Bertz CT molecular complexity index is 580. The van der Waals surface area contributed by atoms with Crippen LogP contribution in [0.1, 0.15) is 22.2 Å². The van der Waals surface area contributed by atoms with Crippen molar-refractivity contribution < 1.29 is 14.6 Å². The third-order valence-electron chi connectivity index (χ3n) is 2.85. The van der Waals surface area contributed by atoms with Crippen LogP contribution in [0.4, 0.5) is 0 Å². The van der Waals surface area contributed by atoms with E-state index in [0.717, 1.165) is 0 Å². The molecule has 0 radical (unpaired) electrons. The maximum atomic E-state index is 11.8. The third-order valence-corrected chi connectivity index (χ3v) is 3.07. The van der Waals surface area contributed by atoms with Gasteiger partial charge in [0.15, 0.2) is 0 Å². The molecule has 2 rings (SSSR count). The van der Waals surface area contributed by atoms with Crippen molar-refractivity contribution in [3.8, 4) is 5.75 Å². The number of hydrogen-bond donors (Lipinski definition) is 3. The van der Waals surface area contributed by atoms with Crippen molar-refractivity contribution in [2.75, 3.05) is 13.7 Å². The largest absolute Gasteiger partial charge is 0.497 e. The van der Waals surface area contributed by atoms with Crippen molar-refractivity contribution >= 4 is 17.5 Å². The van der Waals surface area contributed by atoms with Crippen LogP contribution in [0.2, 0.25) is 5.02 Å². The van der Waals surface area contributed by atoms with Crippen LogP contribution in [0.5, 0.6) is 5.75 Å². The number of methoxy groups -OCH3 is 1. The molecule has 1 amide bonds. The molecule has 106 valence electrons. The summed E-state index contributed by atoms with van der Waals surface area (Å²) in [6, 6.07) is 8.54. The van der Waals surface area contributed by atoms with Gasteiger partial charge in [-0.2, -0.15) is 0 Å². The Labute approximate surface area is 121 Å². The normalized spacial score (nSPS) is 11.9. The average molecular weight is 295 g/mol. The number of hydrogen-bond acceptors (Lipinski definition) is 3. The van der Waals surface area contributed by atoms with Crippen molar-refractivity contribution in [3.63, 3.8) is 0 Å². The summed E-state index contributed by atoms with van der Waals surface area (Å²) in [6.45, 7) is 0.113. The van der Waals surface area contributed by atoms with E-state index in [1.54, 1.807) is 31.4 Å². The van der Waals surface area contributed by atoms with E-state index in [4.69, 9.17) is 16.3 Å². The van der Waals surface area contributed by atoms with Crippen molar-refractivity contribution in [1.82, 2.24) is 10.3 Å². The molecule has 5 nitrogen and oxygen atoms in total. The zero-order valence-electron chi connectivity index (χ0n) is 10.9. The number of aliphatic hydroxyl groups excluding tert-OH is 1. The molecule has 0 spiro atoms. The number of H-pyrrole nitrogens is 1. The van der Waals surface area contributed by atoms with Crippen LogP contribution in [0.15, 0.2) is 36.5 Å². The van der Waals surface area contributed by atoms with Gasteiger partial charge in [0.05, 0.1) is 18.2 Å². The fourth-order valence-electron chi connectivity index (χ4n) is 1.73. The zero-order chi connectivity index (χ0) is 14.5. The van der Waals surface area contributed by atoms with Crippen LogP contribution in [-0.4, -0.2) is 29.7 Å². The van der Waals surface area contributed by atoms with Crippen molar-refractivity contribution in [1.29, 1.82) is 0 Å². The van der Waals surface area contributed by atoms with Gasteiger partial charge in [0.1, 0.15) is 11.4 Å². The van der Waals surface area contributed by atoms with E-state index in [9.17, 15) is 9.90 Å². The summed E-state index contributed by atoms with van der Waals surface area (Å²) in [5, 5.41) is 13.1. The molecule has 1 atom stereocenters. The van der Waals surface area contributed by atoms with Crippen LogP contribution in [0.3, 0.4) is 0 Å². The quantitative estimate of drug-likeness (QED) is 0.791. The number of ether oxygens (including phenoxy) is 1. The summed E-state index contributed by atoms with van der Waals surface area (Å²) in [5.41, 5.74) is 1.06. The highest BCUT2D eigenvalue weighted by atomic mass is 35.5. The summed E-state index contributed by atoms with van der Waals surface area (Å²) in [7, 11) is 1.58. The number of rotatable bonds is 5. The fraction of sp³-hybridized carbons (Fsp3) is 0.214. The number of aliphatic hydroxyl groups is 1. The molecule has 1 aromatic heterocycles. The lowest BCUT2D eigenvalue weighted by molar-refractivity contribution is 0.0912. The molecule has 0 bridgehead atoms. The van der Waals surface area contributed by atoms with E-state index in [1.807, 2.05) is 0 Å². The molecule has 20 heavy (non-hydrogen) atoms. The second-order valence-electron chi connectivity index (χ2n) is 4.23. The second-order valence-corrected chi connectivity index (χ2v) is 4.67. The van der Waals surface area contributed by atoms with Gasteiger partial charge in [-0.3, -0.25) is 4.79 Å². The van der Waals surface area contributed by atoms with Gasteiger partial charge >= 0.3 is 0 Å². The Morgan fingerprint density at radius 2 is 2.15 bits per heavy atom. The van der Waals surface area contributed by atoms with Crippen LogP contribution < -0.4 is 10.1 Å². The predicted molar refractivity (Wildman–Crippen MR) is 76.1 cm³/mol. The van der Waals surface area contributed by atoms with E-state index in [-0.39, 0.29) is 12.5 Å². The van der Waals surface area contributed by atoms with Gasteiger partial charge in [-0.25, -0.2) is 0 Å². The molecule has 1 aromatic carbocycles. The van der Waals surface area contributed by atoms with Crippen molar-refractivity contribution in [2.45, 2.75) is 6.10 Å². The monoisotopic (exact) mass is 294 g/mol. The van der Waals surface area contributed by atoms with Gasteiger partial charge in [0.25, 0.3) is 5.91 Å². The fourth-order valence-corrected chi connectivity index (χ4v) is 1.89. The summed E-state index contributed by atoms with van der Waals surface area (Å²) >= 11 is 5.72. The molecule has 0 saturated carbocycles. The van der Waals surface area contributed by atoms with E-state index in [0.29, 0.717) is 22.0 Å². The third kappa shape index (κ3) is 3.53. The Kier molecular flexibility index (Phi) is 4.65. The lowest BCUT2D eigenvalue weighted by Gasteiger charge is -2.12. The minimum absolute atomic E-state index is 0.113. The molecule has 0 fully saturated rings. The molecule has 2 aromatic rings. The summed E-state index contributed by atoms with van der Waals surface area (Å²) in [6.07, 6.45) is 0.742. The molecule has 3 N–H and O–H groups in total. The molecule has 0 aliphatic heterocycles. The summed E-state index contributed by atoms with van der Waals surface area (Å²) in [4.78, 5) is 14.5. The number of amides is 1. The summed E-state index contributed by atoms with van der Waals surface area (Å²) < 4.78 is 5.04. The van der Waals surface area contributed by atoms with E-state index in [2.05, 4.69) is 10.3 Å². The highest BCUT2D eigenvalue weighted by Crippen LogP contribution is 2.17. The predicted octanol–water partition coefficient (Wildman–Crippen LogP) is 2.14. The van der Waals surface area contributed by atoms with E-state index >= 15 is 0 Å². The number of nitrogens with one attached hydrogen (secondary N) is 2. The molecular formula is C14H15ClN2O3. The van der Waals surface area contributed by atoms with Gasteiger partial charge in [-0.05, 0) is 23.8 Å². The SMILES string of the molecule is COc1ccc(C(O)CNC(=O)c2cc(Cl)c[nH]2)cc1. The van der Waals surface area contributed by atoms with Crippen LogP contribution in [-0.2, 0) is 0 Å². The smallest absolute Gasteiger partial charge is 0.267 e. The first-order chi connectivity index (χ1) is 9.60. The molecule has 0 saturated heterocycles. The van der Waals surface area contributed by atoms with Gasteiger partial charge in [-0.1, -0.05) is 23.7 Å². The minimum atomic E-state index is -0.782. The Morgan fingerprint density at radius 1 is 1.45 bits per heavy atom. The lowest BCUT2D eigenvalue weighted by Crippen LogP contribution is -2.28. The van der Waals surface area contributed by atoms with E-state index < -0.39 is 6.10 Å². The Hall–Kier alpha value is -1.98. The number of benzene rings is 1. The maximum Gasteiger partial charge on any atom is 0.267 e. The maximum absolute atomic E-state index is 11.8. The first kappa shape index (κ1) is 14.4. The van der Waals surface area contributed by atoms with Gasteiger partial charge in [0.2, 0.25) is 0 Å². The van der Waals surface area contributed by atoms with E-state index in [1.165, 1.54) is 12.3 Å². The number of aromatic nitrogens is 1. The summed E-state index contributed by atoms with van der Waals surface area (Å²) in [5.74, 6) is 0.399. The first-order valence-corrected chi connectivity index (χ1v) is 6.42. The van der Waals surface area contributed by atoms with Gasteiger partial charge in [-0.15, -0.1) is 0 Å². The average Bonchev–Trinajstić information content (AvgIpc) is 2.91. The van der Waals surface area contributed by atoms with Crippen molar-refractivity contribution in [2.24, 2.45) is 0 Å². The number of halogens is 1. The lowest BCUT2D eigenvalue weighted by atomic mass is 10.1. The topological polar surface area (TPSA) is 74.3 Å². The molecule has 0 aliphatic carbocycles. The molecular weight excluding hydrogens is 280 g/mol. The van der Waals surface area contributed by atoms with Crippen LogP contribution in [0.25, 0.3) is 0 Å². The number of carbonyl (C=O) groups excluding carboxylic acids is 1. The zero-order valence-corrected chi connectivity index (χ0v) is 11.6. The second kappa shape index (κ2) is 6.45. The minimum Gasteiger partial charge on any atom is -0.497 e. The van der Waals surface area contributed by atoms with Gasteiger partial charge < -0.3 is 20.1 Å². The Morgan fingerprint density at radius 3 is 2.70 bits per heavy atom. The molecule has 1 unspecified atom stereocenters. The molecule has 0 aliphatic rings. The van der Waals surface area contributed by atoms with Crippen molar-refractivity contribution in [3.05, 3.63) is 52.8 Å². The highest BCUT2D eigenvalue weighted by Gasteiger charge is 2.12. The molecule has 1 heterocycles. The Balaban J connectivity index is 1.91. The first-order valence-electron chi connectivity index (χ1n) is 6.04. The van der Waals surface area contributed by atoms with Crippen LogP contribution in [0, 0.1) is 0 Å². The number of aromatic amines is 1.